The molecule has 0 fully saturated rings. The van der Waals surface area contributed by atoms with Crippen LogP contribution in [0.2, 0.25) is 0 Å². The van der Waals surface area contributed by atoms with Crippen molar-refractivity contribution in [3.8, 4) is 0 Å². The van der Waals surface area contributed by atoms with E-state index in [0.29, 0.717) is 0 Å². The number of hydrogen-bond acceptors (Lipinski definition) is 6. The van der Waals surface area contributed by atoms with Gasteiger partial charge in [-0.05, 0) is 20.8 Å². The number of rotatable bonds is 3. The van der Waals surface area contributed by atoms with Crippen LogP contribution in [0.3, 0.4) is 0 Å². The van der Waals surface area contributed by atoms with Crippen LogP contribution in [-0.4, -0.2) is 34.4 Å². The summed E-state index contributed by atoms with van der Waals surface area (Å²) in [6, 6.07) is 0. The number of carbonyl (C=O) groups excluding carboxylic acids is 2. The molecule has 0 aliphatic carbocycles. The maximum absolute atomic E-state index is 11.5. The summed E-state index contributed by atoms with van der Waals surface area (Å²) in [5.74, 6) is -1.10. The van der Waals surface area contributed by atoms with Gasteiger partial charge in [0.2, 0.25) is 0 Å². The Morgan fingerprint density at radius 3 is 2.56 bits per heavy atom. The third-order valence-corrected chi connectivity index (χ3v) is 1.88. The quantitative estimate of drug-likeness (QED) is 0.794. The Labute approximate surface area is 105 Å². The van der Waals surface area contributed by atoms with Gasteiger partial charge in [0.25, 0.3) is 0 Å². The molecule has 0 aromatic carbocycles. The predicted octanol–water partition coefficient (Wildman–Crippen LogP) is 0.594. The van der Waals surface area contributed by atoms with Crippen LogP contribution in [0.25, 0.3) is 0 Å². The summed E-state index contributed by atoms with van der Waals surface area (Å²) in [4.78, 5) is 22.8. The topological polar surface area (TPSA) is 96.4 Å². The summed E-state index contributed by atoms with van der Waals surface area (Å²) in [5.41, 5.74) is 5.16. The van der Waals surface area contributed by atoms with Gasteiger partial charge in [0, 0.05) is 6.20 Å². The van der Waals surface area contributed by atoms with Crippen molar-refractivity contribution in [2.75, 3.05) is 12.8 Å². The number of aromatic nitrogens is 2. The average molecular weight is 255 g/mol. The summed E-state index contributed by atoms with van der Waals surface area (Å²) in [6.07, 6.45) is 1.39. The number of nitrogen functional groups attached to an aromatic ring is 1. The molecule has 0 aliphatic rings. The predicted molar refractivity (Wildman–Crippen MR) is 63.8 cm³/mol. The number of anilines is 1. The summed E-state index contributed by atoms with van der Waals surface area (Å²) < 4.78 is 10.9. The Morgan fingerprint density at radius 1 is 1.44 bits per heavy atom. The number of nitrogens with two attached hydrogens (primary N) is 1. The second-order valence-corrected chi connectivity index (χ2v) is 4.71. The van der Waals surface area contributed by atoms with E-state index in [-0.39, 0.29) is 17.9 Å². The lowest BCUT2D eigenvalue weighted by atomic mass is 10.2. The summed E-state index contributed by atoms with van der Waals surface area (Å²) >= 11 is 0. The molecule has 0 amide bonds. The fourth-order valence-corrected chi connectivity index (χ4v) is 1.28. The molecular formula is C11H17N3O4. The number of nitrogens with zero attached hydrogens (tertiary/aromatic N) is 2. The minimum absolute atomic E-state index is 0.0129. The molecule has 1 heterocycles. The maximum Gasteiger partial charge on any atom is 0.360 e. The molecule has 0 saturated heterocycles. The van der Waals surface area contributed by atoms with Crippen LogP contribution in [0.4, 0.5) is 5.69 Å². The van der Waals surface area contributed by atoms with Gasteiger partial charge in [-0.3, -0.25) is 9.48 Å². The standard InChI is InChI=1S/C11H17N3O4/c1-11(2,3)18-8(15)6-14-5-7(12)9(13-14)10(16)17-4/h5H,6,12H2,1-4H3. The first kappa shape index (κ1) is 14.0. The van der Waals surface area contributed by atoms with Crippen LogP contribution in [0.5, 0.6) is 0 Å². The van der Waals surface area contributed by atoms with Gasteiger partial charge in [0.05, 0.1) is 12.8 Å². The van der Waals surface area contributed by atoms with E-state index in [0.717, 1.165) is 0 Å². The monoisotopic (exact) mass is 255 g/mol. The maximum atomic E-state index is 11.5. The molecule has 18 heavy (non-hydrogen) atoms. The van der Waals surface area contributed by atoms with E-state index >= 15 is 0 Å². The molecule has 7 heteroatoms. The number of esters is 2. The second kappa shape index (κ2) is 5.07. The van der Waals surface area contributed by atoms with Crippen molar-refractivity contribution in [3.63, 3.8) is 0 Å². The Hall–Kier alpha value is -2.05. The van der Waals surface area contributed by atoms with Gasteiger partial charge in [-0.25, -0.2) is 4.79 Å². The van der Waals surface area contributed by atoms with Gasteiger partial charge in [0.1, 0.15) is 12.1 Å². The summed E-state index contributed by atoms with van der Waals surface area (Å²) in [6.45, 7) is 5.19. The molecule has 0 spiro atoms. The van der Waals surface area contributed by atoms with Crippen LogP contribution in [0.15, 0.2) is 6.20 Å². The van der Waals surface area contributed by atoms with Crippen LogP contribution >= 0.6 is 0 Å². The Morgan fingerprint density at radius 2 is 2.06 bits per heavy atom. The average Bonchev–Trinajstić information content (AvgIpc) is 2.55. The minimum atomic E-state index is -0.643. The zero-order valence-electron chi connectivity index (χ0n) is 10.9. The summed E-state index contributed by atoms with van der Waals surface area (Å²) in [7, 11) is 1.23. The fourth-order valence-electron chi connectivity index (χ4n) is 1.28. The van der Waals surface area contributed by atoms with Crippen molar-refractivity contribution in [3.05, 3.63) is 11.9 Å². The molecule has 2 N–H and O–H groups in total. The van der Waals surface area contributed by atoms with Crippen molar-refractivity contribution in [1.29, 1.82) is 0 Å². The van der Waals surface area contributed by atoms with Crippen molar-refractivity contribution in [2.24, 2.45) is 0 Å². The van der Waals surface area contributed by atoms with Crippen molar-refractivity contribution < 1.29 is 19.1 Å². The van der Waals surface area contributed by atoms with Gasteiger partial charge in [-0.2, -0.15) is 5.10 Å². The molecule has 0 saturated carbocycles. The van der Waals surface area contributed by atoms with E-state index in [9.17, 15) is 9.59 Å². The SMILES string of the molecule is COC(=O)c1nn(CC(=O)OC(C)(C)C)cc1N. The van der Waals surface area contributed by atoms with E-state index < -0.39 is 17.5 Å². The molecule has 1 aromatic heterocycles. The van der Waals surface area contributed by atoms with Crippen LogP contribution < -0.4 is 5.73 Å². The van der Waals surface area contributed by atoms with E-state index in [4.69, 9.17) is 10.5 Å². The first-order chi connectivity index (χ1) is 8.23. The lowest BCUT2D eigenvalue weighted by Gasteiger charge is -2.19. The van der Waals surface area contributed by atoms with Crippen molar-refractivity contribution in [1.82, 2.24) is 9.78 Å². The highest BCUT2D eigenvalue weighted by Gasteiger charge is 2.19. The third kappa shape index (κ3) is 3.76. The van der Waals surface area contributed by atoms with Crippen LogP contribution in [0, 0.1) is 0 Å². The zero-order valence-corrected chi connectivity index (χ0v) is 10.9. The highest BCUT2D eigenvalue weighted by atomic mass is 16.6. The third-order valence-electron chi connectivity index (χ3n) is 1.88. The van der Waals surface area contributed by atoms with Gasteiger partial charge < -0.3 is 15.2 Å². The highest BCUT2D eigenvalue weighted by molar-refractivity contribution is 5.92. The van der Waals surface area contributed by atoms with E-state index in [2.05, 4.69) is 9.84 Å². The van der Waals surface area contributed by atoms with Gasteiger partial charge in [0.15, 0.2) is 5.69 Å². The van der Waals surface area contributed by atoms with E-state index in [1.165, 1.54) is 18.0 Å². The molecule has 0 bridgehead atoms. The fraction of sp³-hybridized carbons (Fsp3) is 0.545. The molecule has 0 unspecified atom stereocenters. The molecule has 100 valence electrons. The zero-order chi connectivity index (χ0) is 13.9. The van der Waals surface area contributed by atoms with Crippen LogP contribution in [-0.2, 0) is 20.8 Å². The van der Waals surface area contributed by atoms with Crippen LogP contribution in [0.1, 0.15) is 31.3 Å². The normalized spacial score (nSPS) is 11.1. The first-order valence-corrected chi connectivity index (χ1v) is 5.36. The molecule has 1 rings (SSSR count). The molecular weight excluding hydrogens is 238 g/mol. The highest BCUT2D eigenvalue weighted by Crippen LogP contribution is 2.12. The minimum Gasteiger partial charge on any atom is -0.464 e. The number of methoxy groups -OCH3 is 1. The number of carbonyl (C=O) groups is 2. The van der Waals surface area contributed by atoms with Gasteiger partial charge in [-0.15, -0.1) is 0 Å². The summed E-state index contributed by atoms with van der Waals surface area (Å²) in [5, 5.41) is 3.87. The smallest absolute Gasteiger partial charge is 0.360 e. The largest absolute Gasteiger partial charge is 0.464 e. The lowest BCUT2D eigenvalue weighted by molar-refractivity contribution is -0.155. The van der Waals surface area contributed by atoms with E-state index in [1.54, 1.807) is 20.8 Å². The Balaban J connectivity index is 2.75. The molecule has 7 nitrogen and oxygen atoms in total. The Kier molecular flexibility index (Phi) is 3.95. The molecule has 0 aliphatic heterocycles. The van der Waals surface area contributed by atoms with Crippen molar-refractivity contribution in [2.45, 2.75) is 32.9 Å². The first-order valence-electron chi connectivity index (χ1n) is 5.36. The lowest BCUT2D eigenvalue weighted by Crippen LogP contribution is -2.26. The van der Waals surface area contributed by atoms with Crippen molar-refractivity contribution >= 4 is 17.6 Å². The second-order valence-electron chi connectivity index (χ2n) is 4.71. The van der Waals surface area contributed by atoms with Gasteiger partial charge in [-0.1, -0.05) is 0 Å². The van der Waals surface area contributed by atoms with E-state index in [1.807, 2.05) is 0 Å². The molecule has 0 atom stereocenters. The van der Waals surface area contributed by atoms with Gasteiger partial charge >= 0.3 is 11.9 Å². The molecule has 1 aromatic rings. The molecule has 0 radical (unpaired) electrons. The Bertz CT molecular complexity index is 459. The number of hydrogen-bond donors (Lipinski definition) is 1. The number of ether oxygens (including phenoxy) is 2.